The summed E-state index contributed by atoms with van der Waals surface area (Å²) in [6.45, 7) is 7.24. The van der Waals surface area contributed by atoms with Gasteiger partial charge < -0.3 is 15.0 Å². The van der Waals surface area contributed by atoms with Gasteiger partial charge in [-0.1, -0.05) is 13.8 Å². The van der Waals surface area contributed by atoms with Crippen molar-refractivity contribution in [1.82, 2.24) is 15.6 Å². The molecule has 1 heterocycles. The number of rotatable bonds is 8. The number of amides is 3. The molecule has 9 heteroatoms. The lowest BCUT2D eigenvalue weighted by molar-refractivity contribution is -0.148. The average molecular weight is 390 g/mol. The van der Waals surface area contributed by atoms with E-state index < -0.39 is 30.1 Å². The van der Waals surface area contributed by atoms with Crippen LogP contribution in [0.5, 0.6) is 0 Å². The minimum atomic E-state index is -0.724. The Morgan fingerprint density at radius 3 is 2.54 bits per heavy atom. The van der Waals surface area contributed by atoms with Crippen molar-refractivity contribution in [2.24, 2.45) is 5.92 Å². The third-order valence-corrected chi connectivity index (χ3v) is 4.12. The molecule has 152 valence electrons. The topological polar surface area (TPSA) is 141 Å². The Morgan fingerprint density at radius 2 is 1.93 bits per heavy atom. The maximum absolute atomic E-state index is 11.9. The number of nitrogens with zero attached hydrogens (tertiary/aromatic N) is 1. The number of aromatic amines is 1. The lowest BCUT2D eigenvalue weighted by Crippen LogP contribution is -2.42. The van der Waals surface area contributed by atoms with Crippen LogP contribution in [0.3, 0.4) is 0 Å². The Hall–Kier alpha value is -3.15. The van der Waals surface area contributed by atoms with E-state index in [9.17, 15) is 19.2 Å². The second-order valence-corrected chi connectivity index (χ2v) is 6.82. The van der Waals surface area contributed by atoms with Gasteiger partial charge in [0.25, 0.3) is 11.5 Å². The summed E-state index contributed by atoms with van der Waals surface area (Å²) in [6.07, 6.45) is 0.999. The third-order valence-electron chi connectivity index (χ3n) is 4.12. The first kappa shape index (κ1) is 22.9. The predicted molar refractivity (Wildman–Crippen MR) is 102 cm³/mol. The number of aryl methyl sites for hydroxylation is 1. The van der Waals surface area contributed by atoms with Crippen LogP contribution in [0, 0.1) is 31.1 Å². The number of carbonyl (C=O) groups is 3. The predicted octanol–water partition coefficient (Wildman–Crippen LogP) is 1.21. The van der Waals surface area contributed by atoms with E-state index in [1.165, 1.54) is 0 Å². The Balaban J connectivity index is 2.46. The molecule has 0 saturated carbocycles. The lowest BCUT2D eigenvalue weighted by atomic mass is 9.99. The summed E-state index contributed by atoms with van der Waals surface area (Å²) in [4.78, 5) is 49.3. The fraction of sp³-hybridized carbons (Fsp3) is 0.526. The molecule has 0 aromatic carbocycles. The van der Waals surface area contributed by atoms with Gasteiger partial charge >= 0.3 is 12.0 Å². The summed E-state index contributed by atoms with van der Waals surface area (Å²) < 4.78 is 4.86. The summed E-state index contributed by atoms with van der Waals surface area (Å²) >= 11 is 0. The van der Waals surface area contributed by atoms with Crippen LogP contribution in [0.15, 0.2) is 4.79 Å². The molecule has 0 aliphatic heterocycles. The molecule has 3 amide bonds. The van der Waals surface area contributed by atoms with E-state index in [1.54, 1.807) is 13.8 Å². The van der Waals surface area contributed by atoms with Crippen LogP contribution in [-0.4, -0.2) is 36.0 Å². The number of hydrogen-bond acceptors (Lipinski definition) is 6. The number of H-pyrrole nitrogens is 1. The fourth-order valence-electron chi connectivity index (χ4n) is 2.55. The number of carbonyl (C=O) groups excluding carboxylic acids is 3. The monoisotopic (exact) mass is 390 g/mol. The Kier molecular flexibility index (Phi) is 8.88. The van der Waals surface area contributed by atoms with Crippen molar-refractivity contribution in [2.75, 3.05) is 13.2 Å². The highest BCUT2D eigenvalue weighted by Gasteiger charge is 2.15. The Labute approximate surface area is 163 Å². The van der Waals surface area contributed by atoms with Crippen LogP contribution in [-0.2, 0) is 20.7 Å². The quantitative estimate of drug-likeness (QED) is 0.570. The standard InChI is InChI=1S/C19H26N4O5/c1-11(2)7-8-21-19(27)23-16(24)10-28-17(25)6-5-14-12(3)15(9-20)18(26)22-13(14)4/h11H,5-8,10H2,1-4H3,(H,22,26)(H2,21,23,24,27). The molecule has 1 rings (SSSR count). The zero-order chi connectivity index (χ0) is 21.3. The number of aromatic nitrogens is 1. The van der Waals surface area contributed by atoms with Gasteiger partial charge in [0.15, 0.2) is 6.61 Å². The molecular formula is C19H26N4O5. The number of nitrogens with one attached hydrogen (secondary N) is 3. The first-order chi connectivity index (χ1) is 13.1. The van der Waals surface area contributed by atoms with Gasteiger partial charge in [0, 0.05) is 18.7 Å². The first-order valence-electron chi connectivity index (χ1n) is 9.01. The minimum absolute atomic E-state index is 0.0109. The number of esters is 1. The average Bonchev–Trinajstić information content (AvgIpc) is 2.59. The van der Waals surface area contributed by atoms with Crippen LogP contribution in [0.2, 0.25) is 0 Å². The number of urea groups is 1. The molecule has 0 bridgehead atoms. The molecule has 0 fully saturated rings. The molecule has 28 heavy (non-hydrogen) atoms. The van der Waals surface area contributed by atoms with Gasteiger partial charge in [-0.3, -0.25) is 19.7 Å². The van der Waals surface area contributed by atoms with Gasteiger partial charge in [-0.2, -0.15) is 5.26 Å². The van der Waals surface area contributed by atoms with E-state index in [0.717, 1.165) is 6.42 Å². The van der Waals surface area contributed by atoms with Crippen molar-refractivity contribution in [3.05, 3.63) is 32.7 Å². The van der Waals surface area contributed by atoms with Crippen molar-refractivity contribution in [2.45, 2.75) is 47.0 Å². The summed E-state index contributed by atoms with van der Waals surface area (Å²) in [5.74, 6) is -0.923. The van der Waals surface area contributed by atoms with E-state index in [2.05, 4.69) is 15.6 Å². The number of pyridine rings is 1. The van der Waals surface area contributed by atoms with Gasteiger partial charge in [0.05, 0.1) is 0 Å². The van der Waals surface area contributed by atoms with Gasteiger partial charge in [0.2, 0.25) is 0 Å². The zero-order valence-electron chi connectivity index (χ0n) is 16.6. The van der Waals surface area contributed by atoms with Crippen molar-refractivity contribution < 1.29 is 19.1 Å². The highest BCUT2D eigenvalue weighted by Crippen LogP contribution is 2.15. The number of nitriles is 1. The van der Waals surface area contributed by atoms with E-state index in [1.807, 2.05) is 19.9 Å². The van der Waals surface area contributed by atoms with E-state index >= 15 is 0 Å². The molecule has 3 N–H and O–H groups in total. The molecule has 0 aliphatic carbocycles. The molecule has 9 nitrogen and oxygen atoms in total. The van der Waals surface area contributed by atoms with E-state index in [4.69, 9.17) is 10.00 Å². The molecular weight excluding hydrogens is 364 g/mol. The largest absolute Gasteiger partial charge is 0.456 e. The number of hydrogen-bond donors (Lipinski definition) is 3. The smallest absolute Gasteiger partial charge is 0.321 e. The maximum Gasteiger partial charge on any atom is 0.321 e. The van der Waals surface area contributed by atoms with Gasteiger partial charge in [-0.15, -0.1) is 0 Å². The summed E-state index contributed by atoms with van der Waals surface area (Å²) in [7, 11) is 0. The number of ether oxygens (including phenoxy) is 1. The van der Waals surface area contributed by atoms with Crippen molar-refractivity contribution >= 4 is 17.9 Å². The summed E-state index contributed by atoms with van der Waals surface area (Å²) in [5.41, 5.74) is 1.32. The molecule has 0 aliphatic rings. The molecule has 0 unspecified atom stereocenters. The van der Waals surface area contributed by atoms with E-state index in [0.29, 0.717) is 29.3 Å². The molecule has 1 aromatic rings. The molecule has 0 atom stereocenters. The highest BCUT2D eigenvalue weighted by molar-refractivity contribution is 5.95. The molecule has 0 saturated heterocycles. The van der Waals surface area contributed by atoms with Crippen LogP contribution in [0.1, 0.15) is 49.1 Å². The van der Waals surface area contributed by atoms with Gasteiger partial charge in [-0.05, 0) is 43.7 Å². The van der Waals surface area contributed by atoms with Crippen molar-refractivity contribution in [3.8, 4) is 6.07 Å². The van der Waals surface area contributed by atoms with Crippen LogP contribution in [0.4, 0.5) is 4.79 Å². The maximum atomic E-state index is 11.9. The fourth-order valence-corrected chi connectivity index (χ4v) is 2.55. The zero-order valence-corrected chi connectivity index (χ0v) is 16.6. The lowest BCUT2D eigenvalue weighted by Gasteiger charge is -2.11. The molecule has 0 spiro atoms. The van der Waals surface area contributed by atoms with Crippen molar-refractivity contribution in [1.29, 1.82) is 5.26 Å². The minimum Gasteiger partial charge on any atom is -0.456 e. The second kappa shape index (κ2) is 10.9. The third kappa shape index (κ3) is 7.23. The van der Waals surface area contributed by atoms with Crippen LogP contribution >= 0.6 is 0 Å². The Morgan fingerprint density at radius 1 is 1.25 bits per heavy atom. The Bertz CT molecular complexity index is 836. The summed E-state index contributed by atoms with van der Waals surface area (Å²) in [5, 5.41) is 13.7. The van der Waals surface area contributed by atoms with Crippen LogP contribution < -0.4 is 16.2 Å². The van der Waals surface area contributed by atoms with Crippen LogP contribution in [0.25, 0.3) is 0 Å². The SMILES string of the molecule is Cc1[nH]c(=O)c(C#N)c(C)c1CCC(=O)OCC(=O)NC(=O)NCCC(C)C. The molecule has 1 aromatic heterocycles. The summed E-state index contributed by atoms with van der Waals surface area (Å²) in [6, 6.07) is 1.21. The first-order valence-corrected chi connectivity index (χ1v) is 9.01. The normalized spacial score (nSPS) is 10.3. The second-order valence-electron chi connectivity index (χ2n) is 6.82. The van der Waals surface area contributed by atoms with Gasteiger partial charge in [-0.25, -0.2) is 4.79 Å². The van der Waals surface area contributed by atoms with E-state index in [-0.39, 0.29) is 18.4 Å². The van der Waals surface area contributed by atoms with Gasteiger partial charge in [0.1, 0.15) is 11.6 Å². The number of imide groups is 1. The molecule has 0 radical (unpaired) electrons. The highest BCUT2D eigenvalue weighted by atomic mass is 16.5. The van der Waals surface area contributed by atoms with Crippen molar-refractivity contribution in [3.63, 3.8) is 0 Å².